The molecule has 1 heterocycles. The summed E-state index contributed by atoms with van der Waals surface area (Å²) in [4.78, 5) is 14.1. The first-order valence-electron chi connectivity index (χ1n) is 8.81. The zero-order valence-corrected chi connectivity index (χ0v) is 16.9. The molecule has 3 aromatic rings. The van der Waals surface area contributed by atoms with E-state index in [1.54, 1.807) is 20.3 Å². The van der Waals surface area contributed by atoms with Crippen LogP contribution < -0.4 is 14.2 Å². The van der Waals surface area contributed by atoms with Crippen LogP contribution in [0.4, 0.5) is 0 Å². The van der Waals surface area contributed by atoms with Crippen molar-refractivity contribution in [2.75, 3.05) is 14.2 Å². The minimum absolute atomic E-state index is 0.00458. The molecule has 0 N–H and O–H groups in total. The Morgan fingerprint density at radius 3 is 2.36 bits per heavy atom. The molecule has 28 heavy (non-hydrogen) atoms. The summed E-state index contributed by atoms with van der Waals surface area (Å²) < 4.78 is 16.4. The summed E-state index contributed by atoms with van der Waals surface area (Å²) in [6.45, 7) is 2.35. The molecular weight excluding hydrogens is 372 g/mol. The molecule has 0 bridgehead atoms. The molecule has 3 rings (SSSR count). The molecule has 0 aliphatic rings. The van der Waals surface area contributed by atoms with Crippen LogP contribution in [0.5, 0.6) is 17.2 Å². The first kappa shape index (κ1) is 19.7. The molecule has 144 valence electrons. The average Bonchev–Trinajstić information content (AvgIpc) is 3.17. The van der Waals surface area contributed by atoms with E-state index < -0.39 is 0 Å². The number of hydrogen-bond acceptors (Lipinski definition) is 5. The highest BCUT2D eigenvalue weighted by Crippen LogP contribution is 2.24. The number of carbonyl (C=O) groups excluding carboxylic acids is 1. The van der Waals surface area contributed by atoms with Gasteiger partial charge < -0.3 is 14.2 Å². The van der Waals surface area contributed by atoms with Gasteiger partial charge in [0.25, 0.3) is 0 Å². The van der Waals surface area contributed by atoms with Crippen LogP contribution in [0.3, 0.4) is 0 Å². The zero-order valence-electron chi connectivity index (χ0n) is 16.1. The molecular formula is C23H22O4S. The average molecular weight is 394 g/mol. The minimum atomic E-state index is 0.00458. The summed E-state index contributed by atoms with van der Waals surface area (Å²) in [5.74, 6) is 2.27. The smallest absolute Gasteiger partial charge is 0.195 e. The van der Waals surface area contributed by atoms with Crippen LogP contribution in [-0.4, -0.2) is 20.0 Å². The summed E-state index contributed by atoms with van der Waals surface area (Å²) in [6, 6.07) is 17.0. The number of thiophene rings is 1. The van der Waals surface area contributed by atoms with Crippen LogP contribution in [-0.2, 0) is 6.61 Å². The fourth-order valence-corrected chi connectivity index (χ4v) is 3.46. The highest BCUT2D eigenvalue weighted by Gasteiger charge is 2.07. The van der Waals surface area contributed by atoms with Gasteiger partial charge in [0.05, 0.1) is 19.1 Å². The molecule has 1 aromatic heterocycles. The molecule has 4 nitrogen and oxygen atoms in total. The van der Waals surface area contributed by atoms with Gasteiger partial charge >= 0.3 is 0 Å². The van der Waals surface area contributed by atoms with E-state index in [-0.39, 0.29) is 5.78 Å². The maximum absolute atomic E-state index is 12.3. The van der Waals surface area contributed by atoms with Crippen molar-refractivity contribution in [1.29, 1.82) is 0 Å². The summed E-state index contributed by atoms with van der Waals surface area (Å²) in [7, 11) is 3.26. The molecule has 0 fully saturated rings. The van der Waals surface area contributed by atoms with E-state index in [0.717, 1.165) is 38.1 Å². The molecule has 0 radical (unpaired) electrons. The van der Waals surface area contributed by atoms with Crippen molar-refractivity contribution in [1.82, 2.24) is 0 Å². The number of benzene rings is 2. The molecule has 0 atom stereocenters. The maximum Gasteiger partial charge on any atom is 0.195 e. The van der Waals surface area contributed by atoms with Crippen LogP contribution in [0, 0.1) is 6.92 Å². The fraction of sp³-hybridized carbons (Fsp3) is 0.174. The van der Waals surface area contributed by atoms with Gasteiger partial charge in [0.2, 0.25) is 0 Å². The molecule has 0 aliphatic carbocycles. The standard InChI is InChI=1S/C23H22O4S/c1-16-4-13-23(28-16)21(24)11-5-17-6-12-22(26-3)18(14-17)15-27-20-9-7-19(25-2)8-10-20/h4-14H,15H2,1-3H3/b11-5+. The second-order valence-electron chi connectivity index (χ2n) is 6.14. The molecule has 0 spiro atoms. The van der Waals surface area contributed by atoms with Gasteiger partial charge in [-0.25, -0.2) is 0 Å². The summed E-state index contributed by atoms with van der Waals surface area (Å²) in [5.41, 5.74) is 1.82. The second-order valence-corrected chi connectivity index (χ2v) is 7.43. The Labute approximate surface area is 169 Å². The number of hydrogen-bond donors (Lipinski definition) is 0. The summed E-state index contributed by atoms with van der Waals surface area (Å²) in [5, 5.41) is 0. The van der Waals surface area contributed by atoms with Gasteiger partial charge in [-0.05, 0) is 67.1 Å². The van der Waals surface area contributed by atoms with E-state index in [2.05, 4.69) is 0 Å². The Morgan fingerprint density at radius 2 is 1.71 bits per heavy atom. The topological polar surface area (TPSA) is 44.8 Å². The lowest BCUT2D eigenvalue weighted by molar-refractivity contribution is 0.105. The van der Waals surface area contributed by atoms with Crippen LogP contribution in [0.1, 0.15) is 25.7 Å². The zero-order chi connectivity index (χ0) is 19.9. The third kappa shape index (κ3) is 5.02. The van der Waals surface area contributed by atoms with Crippen molar-refractivity contribution in [2.45, 2.75) is 13.5 Å². The number of methoxy groups -OCH3 is 2. The first-order valence-corrected chi connectivity index (χ1v) is 9.63. The summed E-state index contributed by atoms with van der Waals surface area (Å²) >= 11 is 1.50. The first-order chi connectivity index (χ1) is 13.6. The SMILES string of the molecule is COc1ccc(OCc2cc(/C=C/C(=O)c3ccc(C)s3)ccc2OC)cc1. The van der Waals surface area contributed by atoms with E-state index in [9.17, 15) is 4.79 Å². The second kappa shape index (κ2) is 9.24. The number of aryl methyl sites for hydroxylation is 1. The summed E-state index contributed by atoms with van der Waals surface area (Å²) in [6.07, 6.45) is 3.41. The number of rotatable bonds is 8. The normalized spacial score (nSPS) is 10.8. The lowest BCUT2D eigenvalue weighted by atomic mass is 10.1. The van der Waals surface area contributed by atoms with Crippen molar-refractivity contribution >= 4 is 23.2 Å². The number of allylic oxidation sites excluding steroid dienone is 1. The van der Waals surface area contributed by atoms with Gasteiger partial charge in [-0.2, -0.15) is 0 Å². The lowest BCUT2D eigenvalue weighted by Crippen LogP contribution is -1.99. The number of ketones is 1. The predicted molar refractivity (Wildman–Crippen MR) is 113 cm³/mol. The van der Waals surface area contributed by atoms with Crippen LogP contribution in [0.25, 0.3) is 6.08 Å². The quantitative estimate of drug-likeness (QED) is 0.371. The molecule has 0 saturated heterocycles. The molecule has 2 aromatic carbocycles. The minimum Gasteiger partial charge on any atom is -0.497 e. The lowest BCUT2D eigenvalue weighted by Gasteiger charge is -2.11. The Kier molecular flexibility index (Phi) is 6.50. The Balaban J connectivity index is 1.71. The van der Waals surface area contributed by atoms with Crippen molar-refractivity contribution in [2.24, 2.45) is 0 Å². The third-order valence-corrected chi connectivity index (χ3v) is 5.18. The van der Waals surface area contributed by atoms with Crippen LogP contribution in [0.2, 0.25) is 0 Å². The van der Waals surface area contributed by atoms with E-state index in [1.807, 2.05) is 67.6 Å². The van der Waals surface area contributed by atoms with Crippen molar-refractivity contribution in [3.8, 4) is 17.2 Å². The van der Waals surface area contributed by atoms with Crippen molar-refractivity contribution in [3.63, 3.8) is 0 Å². The van der Waals surface area contributed by atoms with E-state index >= 15 is 0 Å². The highest BCUT2D eigenvalue weighted by molar-refractivity contribution is 7.14. The molecule has 5 heteroatoms. The number of carbonyl (C=O) groups is 1. The maximum atomic E-state index is 12.3. The molecule has 0 amide bonds. The molecule has 0 unspecified atom stereocenters. The van der Waals surface area contributed by atoms with E-state index in [4.69, 9.17) is 14.2 Å². The largest absolute Gasteiger partial charge is 0.497 e. The van der Waals surface area contributed by atoms with E-state index in [0.29, 0.717) is 6.61 Å². The Hall–Kier alpha value is -3.05. The van der Waals surface area contributed by atoms with Gasteiger partial charge in [0.1, 0.15) is 23.9 Å². The highest BCUT2D eigenvalue weighted by atomic mass is 32.1. The van der Waals surface area contributed by atoms with Gasteiger partial charge in [-0.3, -0.25) is 4.79 Å². The Morgan fingerprint density at radius 1 is 0.964 bits per heavy atom. The van der Waals surface area contributed by atoms with Crippen LogP contribution >= 0.6 is 11.3 Å². The molecule has 0 saturated carbocycles. The fourth-order valence-electron chi connectivity index (χ4n) is 2.67. The van der Waals surface area contributed by atoms with Crippen molar-refractivity contribution in [3.05, 3.63) is 81.6 Å². The van der Waals surface area contributed by atoms with Crippen molar-refractivity contribution < 1.29 is 19.0 Å². The van der Waals surface area contributed by atoms with Gasteiger partial charge in [-0.15, -0.1) is 11.3 Å². The monoisotopic (exact) mass is 394 g/mol. The predicted octanol–water partition coefficient (Wildman–Crippen LogP) is 5.55. The number of ether oxygens (including phenoxy) is 3. The van der Waals surface area contributed by atoms with Crippen LogP contribution in [0.15, 0.2) is 60.7 Å². The van der Waals surface area contributed by atoms with Gasteiger partial charge in [-0.1, -0.05) is 12.1 Å². The van der Waals surface area contributed by atoms with Gasteiger partial charge in [0, 0.05) is 10.4 Å². The van der Waals surface area contributed by atoms with Gasteiger partial charge in [0.15, 0.2) is 5.78 Å². The molecule has 0 aliphatic heterocycles. The third-order valence-electron chi connectivity index (χ3n) is 4.17. The Bertz CT molecular complexity index is 971. The van der Waals surface area contributed by atoms with E-state index in [1.165, 1.54) is 11.3 Å².